The molecule has 0 aliphatic carbocycles. The Balaban J connectivity index is 1.58. The first-order chi connectivity index (χ1) is 12.2. The zero-order valence-electron chi connectivity index (χ0n) is 14.1. The second-order valence-electron chi connectivity index (χ2n) is 6.71. The van der Waals surface area contributed by atoms with E-state index in [0.29, 0.717) is 5.56 Å². The second kappa shape index (κ2) is 5.15. The molecule has 4 heteroatoms. The van der Waals surface area contributed by atoms with E-state index in [1.54, 1.807) is 0 Å². The van der Waals surface area contributed by atoms with Crippen molar-refractivity contribution in [2.45, 2.75) is 13.1 Å². The van der Waals surface area contributed by atoms with Gasteiger partial charge in [0, 0.05) is 36.7 Å². The Kier molecular flexibility index (Phi) is 2.92. The topological polar surface area (TPSA) is 36.9 Å². The number of nitriles is 1. The van der Waals surface area contributed by atoms with Crippen LogP contribution in [0.3, 0.4) is 0 Å². The summed E-state index contributed by atoms with van der Waals surface area (Å²) in [7, 11) is 2.09. The third-order valence-corrected chi connectivity index (χ3v) is 5.32. The van der Waals surface area contributed by atoms with E-state index in [1.165, 1.54) is 27.8 Å². The molecule has 0 N–H and O–H groups in total. The number of aromatic nitrogens is 2. The van der Waals surface area contributed by atoms with Gasteiger partial charge in [-0.25, -0.2) is 0 Å². The maximum absolute atomic E-state index is 9.15. The lowest BCUT2D eigenvalue weighted by Crippen LogP contribution is -2.34. The van der Waals surface area contributed by atoms with Gasteiger partial charge in [-0.05, 0) is 35.7 Å². The highest BCUT2D eigenvalue weighted by Crippen LogP contribution is 2.31. The molecule has 4 nitrogen and oxygen atoms in total. The number of nitrogens with zero attached hydrogens (tertiary/aromatic N) is 4. The molecule has 3 heterocycles. The largest absolute Gasteiger partial charge is 0.350 e. The second-order valence-corrected chi connectivity index (χ2v) is 6.71. The number of rotatable bonds is 1. The fourth-order valence-corrected chi connectivity index (χ4v) is 4.04. The standard InChI is InChI=1S/C21H18N4/c1-23-20-10-15(13-22)6-7-17(20)12-21(23)24-8-9-25-18(14-24)11-16-4-2-3-5-19(16)25/h2-7,10-12H,8-9,14H2,1H3. The Morgan fingerprint density at radius 3 is 2.64 bits per heavy atom. The average molecular weight is 326 g/mol. The summed E-state index contributed by atoms with van der Waals surface area (Å²) in [6, 6.07) is 21.3. The van der Waals surface area contributed by atoms with Crippen LogP contribution in [0.25, 0.3) is 21.8 Å². The van der Waals surface area contributed by atoms with Crippen LogP contribution in [-0.4, -0.2) is 15.7 Å². The molecule has 0 spiro atoms. The number of hydrogen-bond donors (Lipinski definition) is 0. The first-order valence-electron chi connectivity index (χ1n) is 8.56. The number of aryl methyl sites for hydroxylation is 1. The van der Waals surface area contributed by atoms with Crippen LogP contribution in [0.1, 0.15) is 11.3 Å². The Labute approximate surface area is 146 Å². The maximum Gasteiger partial charge on any atom is 0.109 e. The van der Waals surface area contributed by atoms with Crippen molar-refractivity contribution in [3.05, 3.63) is 65.9 Å². The molecule has 122 valence electrons. The van der Waals surface area contributed by atoms with E-state index in [2.05, 4.69) is 63.5 Å². The van der Waals surface area contributed by atoms with Crippen molar-refractivity contribution in [3.63, 3.8) is 0 Å². The van der Waals surface area contributed by atoms with Crippen molar-refractivity contribution in [1.29, 1.82) is 5.26 Å². The summed E-state index contributed by atoms with van der Waals surface area (Å²) in [6.07, 6.45) is 0. The molecule has 0 bridgehead atoms. The van der Waals surface area contributed by atoms with Crippen molar-refractivity contribution in [2.24, 2.45) is 7.05 Å². The van der Waals surface area contributed by atoms with Crippen LogP contribution in [0, 0.1) is 11.3 Å². The minimum Gasteiger partial charge on any atom is -0.350 e. The molecule has 25 heavy (non-hydrogen) atoms. The number of anilines is 1. The first kappa shape index (κ1) is 14.2. The first-order valence-corrected chi connectivity index (χ1v) is 8.56. The van der Waals surface area contributed by atoms with Crippen molar-refractivity contribution in [3.8, 4) is 6.07 Å². The fourth-order valence-electron chi connectivity index (χ4n) is 4.04. The third kappa shape index (κ3) is 2.06. The highest BCUT2D eigenvalue weighted by molar-refractivity contribution is 5.86. The lowest BCUT2D eigenvalue weighted by atomic mass is 10.2. The van der Waals surface area contributed by atoms with Crippen molar-refractivity contribution in [2.75, 3.05) is 11.4 Å². The van der Waals surface area contributed by atoms with E-state index >= 15 is 0 Å². The SMILES string of the molecule is Cn1c(N2CCn3c(cc4ccccc43)C2)cc2ccc(C#N)cc21. The van der Waals surface area contributed by atoms with Crippen molar-refractivity contribution >= 4 is 27.6 Å². The van der Waals surface area contributed by atoms with Crippen LogP contribution in [0.15, 0.2) is 54.6 Å². The molecule has 5 rings (SSSR count). The Morgan fingerprint density at radius 1 is 0.920 bits per heavy atom. The van der Waals surface area contributed by atoms with Gasteiger partial charge in [-0.15, -0.1) is 0 Å². The van der Waals surface area contributed by atoms with Gasteiger partial charge in [0.05, 0.1) is 23.7 Å². The zero-order chi connectivity index (χ0) is 17.0. The lowest BCUT2D eigenvalue weighted by Gasteiger charge is -2.31. The summed E-state index contributed by atoms with van der Waals surface area (Å²) in [5.74, 6) is 1.21. The van der Waals surface area contributed by atoms with Gasteiger partial charge in [0.1, 0.15) is 5.82 Å². The Hall–Kier alpha value is -3.19. The molecule has 0 unspecified atom stereocenters. The van der Waals surface area contributed by atoms with Crippen LogP contribution >= 0.6 is 0 Å². The number of hydrogen-bond acceptors (Lipinski definition) is 2. The van der Waals surface area contributed by atoms with Gasteiger partial charge < -0.3 is 14.0 Å². The molecule has 4 aromatic rings. The molecule has 0 atom stereocenters. The van der Waals surface area contributed by atoms with Gasteiger partial charge in [0.2, 0.25) is 0 Å². The lowest BCUT2D eigenvalue weighted by molar-refractivity contribution is 0.576. The maximum atomic E-state index is 9.15. The van der Waals surface area contributed by atoms with Gasteiger partial charge in [0.25, 0.3) is 0 Å². The molecule has 1 aliphatic rings. The quantitative estimate of drug-likeness (QED) is 0.530. The molecule has 0 saturated carbocycles. The number of fused-ring (bicyclic) bond motifs is 4. The average Bonchev–Trinajstić information content (AvgIpc) is 3.18. The van der Waals surface area contributed by atoms with E-state index in [4.69, 9.17) is 5.26 Å². The predicted molar refractivity (Wildman–Crippen MR) is 101 cm³/mol. The third-order valence-electron chi connectivity index (χ3n) is 5.32. The van der Waals surface area contributed by atoms with E-state index in [1.807, 2.05) is 18.2 Å². The highest BCUT2D eigenvalue weighted by Gasteiger charge is 2.21. The molecule has 1 aliphatic heterocycles. The van der Waals surface area contributed by atoms with Crippen LogP contribution in [-0.2, 0) is 20.1 Å². The van der Waals surface area contributed by atoms with Crippen LogP contribution in [0.2, 0.25) is 0 Å². The number of para-hydroxylation sites is 1. The van der Waals surface area contributed by atoms with Crippen LogP contribution in [0.4, 0.5) is 5.82 Å². The van der Waals surface area contributed by atoms with Crippen molar-refractivity contribution < 1.29 is 0 Å². The summed E-state index contributed by atoms with van der Waals surface area (Å²) in [5, 5.41) is 11.6. The minimum absolute atomic E-state index is 0.707. The van der Waals surface area contributed by atoms with Gasteiger partial charge in [-0.1, -0.05) is 24.3 Å². The van der Waals surface area contributed by atoms with Crippen LogP contribution < -0.4 is 4.90 Å². The summed E-state index contributed by atoms with van der Waals surface area (Å²) in [4.78, 5) is 2.43. The van der Waals surface area contributed by atoms with E-state index in [-0.39, 0.29) is 0 Å². The zero-order valence-corrected chi connectivity index (χ0v) is 14.1. The van der Waals surface area contributed by atoms with E-state index in [0.717, 1.165) is 25.2 Å². The van der Waals surface area contributed by atoms with E-state index in [9.17, 15) is 0 Å². The monoisotopic (exact) mass is 326 g/mol. The molecular formula is C21H18N4. The molecule has 0 amide bonds. The summed E-state index contributed by atoms with van der Waals surface area (Å²) in [5.41, 5.74) is 4.50. The van der Waals surface area contributed by atoms with Gasteiger partial charge >= 0.3 is 0 Å². The molecule has 0 fully saturated rings. The molecule has 0 radical (unpaired) electrons. The molecule has 2 aromatic carbocycles. The fraction of sp³-hybridized carbons (Fsp3) is 0.190. The summed E-state index contributed by atoms with van der Waals surface area (Å²) >= 11 is 0. The highest BCUT2D eigenvalue weighted by atomic mass is 15.3. The van der Waals surface area contributed by atoms with Gasteiger partial charge in [0.15, 0.2) is 0 Å². The van der Waals surface area contributed by atoms with E-state index < -0.39 is 0 Å². The normalized spacial score (nSPS) is 14.0. The summed E-state index contributed by atoms with van der Waals surface area (Å²) in [6.45, 7) is 2.89. The smallest absolute Gasteiger partial charge is 0.109 e. The van der Waals surface area contributed by atoms with Crippen LogP contribution in [0.5, 0.6) is 0 Å². The summed E-state index contributed by atoms with van der Waals surface area (Å²) < 4.78 is 4.64. The minimum atomic E-state index is 0.707. The molecule has 0 saturated heterocycles. The van der Waals surface area contributed by atoms with Crippen molar-refractivity contribution in [1.82, 2.24) is 9.13 Å². The Morgan fingerprint density at radius 2 is 1.76 bits per heavy atom. The Bertz CT molecular complexity index is 1160. The van der Waals surface area contributed by atoms with Gasteiger partial charge in [-0.3, -0.25) is 0 Å². The molecular weight excluding hydrogens is 308 g/mol. The molecule has 2 aromatic heterocycles. The van der Waals surface area contributed by atoms with Gasteiger partial charge in [-0.2, -0.15) is 5.26 Å². The predicted octanol–water partition coefficient (Wildman–Crippen LogP) is 4.02. The number of benzene rings is 2.